The normalized spacial score (nSPS) is 23.5. The van der Waals surface area contributed by atoms with Crippen molar-refractivity contribution in [3.8, 4) is 5.75 Å². The van der Waals surface area contributed by atoms with Gasteiger partial charge in [0.15, 0.2) is 0 Å². The van der Waals surface area contributed by atoms with Gasteiger partial charge in [-0.1, -0.05) is 12.1 Å². The van der Waals surface area contributed by atoms with Gasteiger partial charge < -0.3 is 9.84 Å². The molecule has 0 aliphatic carbocycles. The van der Waals surface area contributed by atoms with Crippen molar-refractivity contribution in [2.24, 2.45) is 0 Å². The zero-order valence-electron chi connectivity index (χ0n) is 8.86. The predicted molar refractivity (Wildman–Crippen MR) is 61.3 cm³/mol. The number of aromatic hydroxyl groups is 1. The fourth-order valence-electron chi connectivity index (χ4n) is 1.60. The van der Waals surface area contributed by atoms with Crippen LogP contribution in [-0.2, 0) is 4.74 Å². The van der Waals surface area contributed by atoms with Gasteiger partial charge in [0.2, 0.25) is 0 Å². The number of phenols is 1. The Kier molecular flexibility index (Phi) is 3.60. The van der Waals surface area contributed by atoms with Crippen molar-refractivity contribution in [2.75, 3.05) is 6.61 Å². The molecule has 4 heteroatoms. The van der Waals surface area contributed by atoms with Crippen molar-refractivity contribution >= 4 is 12.4 Å². The topological polar surface area (TPSA) is 41.5 Å². The van der Waals surface area contributed by atoms with Gasteiger partial charge in [-0.3, -0.25) is 5.32 Å². The Balaban J connectivity index is 0.00000112. The third-order valence-electron chi connectivity index (χ3n) is 2.31. The van der Waals surface area contributed by atoms with Crippen LogP contribution >= 0.6 is 12.4 Å². The Bertz CT molecular complexity index is 341. The van der Waals surface area contributed by atoms with E-state index in [1.165, 1.54) is 0 Å². The van der Waals surface area contributed by atoms with Crippen LogP contribution in [0.3, 0.4) is 0 Å². The molecule has 0 saturated carbocycles. The van der Waals surface area contributed by atoms with E-state index in [0.717, 1.165) is 5.56 Å². The number of hydrogen-bond donors (Lipinski definition) is 2. The molecule has 1 aliphatic heterocycles. The lowest BCUT2D eigenvalue weighted by atomic mass is 10.1. The highest BCUT2D eigenvalue weighted by molar-refractivity contribution is 5.85. The maximum absolute atomic E-state index is 9.32. The van der Waals surface area contributed by atoms with Crippen LogP contribution in [0.2, 0.25) is 0 Å². The minimum atomic E-state index is -0.0999. The monoisotopic (exact) mass is 229 g/mol. The molecule has 84 valence electrons. The van der Waals surface area contributed by atoms with Gasteiger partial charge in [-0.05, 0) is 31.5 Å². The lowest BCUT2D eigenvalue weighted by molar-refractivity contribution is 0.0987. The molecule has 1 heterocycles. The van der Waals surface area contributed by atoms with E-state index in [1.54, 1.807) is 12.1 Å². The smallest absolute Gasteiger partial charge is 0.135 e. The average Bonchev–Trinajstić information content (AvgIpc) is 2.46. The molecule has 0 aromatic heterocycles. The minimum absolute atomic E-state index is 0. The maximum atomic E-state index is 9.32. The van der Waals surface area contributed by atoms with E-state index < -0.39 is 0 Å². The molecule has 0 bridgehead atoms. The summed E-state index contributed by atoms with van der Waals surface area (Å²) in [4.78, 5) is 0. The Labute approximate surface area is 95.9 Å². The second kappa shape index (κ2) is 4.39. The van der Waals surface area contributed by atoms with E-state index >= 15 is 0 Å². The fourth-order valence-corrected chi connectivity index (χ4v) is 1.60. The van der Waals surface area contributed by atoms with Gasteiger partial charge in [0.1, 0.15) is 12.0 Å². The Morgan fingerprint density at radius 3 is 2.73 bits per heavy atom. The maximum Gasteiger partial charge on any atom is 0.135 e. The number of hydrogen-bond acceptors (Lipinski definition) is 3. The number of rotatable bonds is 1. The van der Waals surface area contributed by atoms with Crippen LogP contribution in [0.1, 0.15) is 25.6 Å². The van der Waals surface area contributed by atoms with Gasteiger partial charge in [-0.2, -0.15) is 0 Å². The Hall–Kier alpha value is -0.770. The number of ether oxygens (including phenoxy) is 1. The van der Waals surface area contributed by atoms with Crippen LogP contribution in [0.5, 0.6) is 5.75 Å². The third kappa shape index (κ3) is 2.84. The highest BCUT2D eigenvalue weighted by Crippen LogP contribution is 2.27. The molecule has 15 heavy (non-hydrogen) atoms. The number of phenolic OH excluding ortho intramolecular Hbond substituents is 1. The summed E-state index contributed by atoms with van der Waals surface area (Å²) in [6.07, 6.45) is -0.0999. The highest BCUT2D eigenvalue weighted by Gasteiger charge is 2.31. The summed E-state index contributed by atoms with van der Waals surface area (Å²) in [5.41, 5.74) is 0.978. The van der Waals surface area contributed by atoms with Gasteiger partial charge in [-0.15, -0.1) is 12.4 Å². The van der Waals surface area contributed by atoms with Crippen molar-refractivity contribution in [1.29, 1.82) is 0 Å². The van der Waals surface area contributed by atoms with Crippen molar-refractivity contribution in [3.63, 3.8) is 0 Å². The Morgan fingerprint density at radius 2 is 2.20 bits per heavy atom. The molecular weight excluding hydrogens is 214 g/mol. The standard InChI is InChI=1S/C11H15NO2.ClH/c1-11(2)7-14-10(12-11)8-4-3-5-9(13)6-8;/h3-6,10,12-13H,7H2,1-2H3;1H. The molecule has 3 nitrogen and oxygen atoms in total. The molecule has 1 aromatic carbocycles. The summed E-state index contributed by atoms with van der Waals surface area (Å²) >= 11 is 0. The van der Waals surface area contributed by atoms with E-state index in [9.17, 15) is 5.11 Å². The van der Waals surface area contributed by atoms with Crippen LogP contribution < -0.4 is 5.32 Å². The first-order valence-electron chi connectivity index (χ1n) is 4.75. The van der Waals surface area contributed by atoms with Gasteiger partial charge in [0.25, 0.3) is 0 Å². The highest BCUT2D eigenvalue weighted by atomic mass is 35.5. The van der Waals surface area contributed by atoms with Gasteiger partial charge in [-0.25, -0.2) is 0 Å². The van der Waals surface area contributed by atoms with Crippen molar-refractivity contribution in [2.45, 2.75) is 25.6 Å². The number of halogens is 1. The number of benzene rings is 1. The lowest BCUT2D eigenvalue weighted by Gasteiger charge is -2.17. The molecule has 1 aromatic rings. The third-order valence-corrected chi connectivity index (χ3v) is 2.31. The van der Waals surface area contributed by atoms with Crippen LogP contribution in [0.15, 0.2) is 24.3 Å². The van der Waals surface area contributed by atoms with Gasteiger partial charge in [0.05, 0.1) is 6.61 Å². The second-order valence-electron chi connectivity index (χ2n) is 4.31. The lowest BCUT2D eigenvalue weighted by Crippen LogP contribution is -2.35. The molecule has 0 spiro atoms. The summed E-state index contributed by atoms with van der Waals surface area (Å²) in [6.45, 7) is 4.87. The summed E-state index contributed by atoms with van der Waals surface area (Å²) in [7, 11) is 0. The van der Waals surface area contributed by atoms with Crippen LogP contribution in [0.25, 0.3) is 0 Å². The molecule has 1 fully saturated rings. The van der Waals surface area contributed by atoms with Crippen molar-refractivity contribution < 1.29 is 9.84 Å². The first-order chi connectivity index (χ1) is 6.57. The molecule has 1 unspecified atom stereocenters. The molecule has 1 atom stereocenters. The summed E-state index contributed by atoms with van der Waals surface area (Å²) < 4.78 is 5.59. The molecule has 0 radical (unpaired) electrons. The second-order valence-corrected chi connectivity index (χ2v) is 4.31. The van der Waals surface area contributed by atoms with Crippen LogP contribution in [-0.4, -0.2) is 17.3 Å². The number of nitrogens with one attached hydrogen (secondary N) is 1. The molecule has 2 rings (SSSR count). The van der Waals surface area contributed by atoms with Crippen molar-refractivity contribution in [1.82, 2.24) is 5.32 Å². The van der Waals surface area contributed by atoms with Crippen molar-refractivity contribution in [3.05, 3.63) is 29.8 Å². The minimum Gasteiger partial charge on any atom is -0.508 e. The molecule has 2 N–H and O–H groups in total. The van der Waals surface area contributed by atoms with E-state index in [0.29, 0.717) is 6.61 Å². The van der Waals surface area contributed by atoms with Crippen LogP contribution in [0, 0.1) is 0 Å². The van der Waals surface area contributed by atoms with E-state index in [-0.39, 0.29) is 29.9 Å². The van der Waals surface area contributed by atoms with E-state index in [4.69, 9.17) is 4.74 Å². The zero-order chi connectivity index (χ0) is 10.2. The van der Waals surface area contributed by atoms with Gasteiger partial charge >= 0.3 is 0 Å². The summed E-state index contributed by atoms with van der Waals surface area (Å²) in [5.74, 6) is 0.276. The zero-order valence-corrected chi connectivity index (χ0v) is 9.67. The summed E-state index contributed by atoms with van der Waals surface area (Å²) in [6, 6.07) is 7.14. The Morgan fingerprint density at radius 1 is 1.47 bits per heavy atom. The first kappa shape index (κ1) is 12.3. The van der Waals surface area contributed by atoms with E-state index in [2.05, 4.69) is 19.2 Å². The van der Waals surface area contributed by atoms with Crippen LogP contribution in [0.4, 0.5) is 0 Å². The van der Waals surface area contributed by atoms with E-state index in [1.807, 2.05) is 12.1 Å². The predicted octanol–water partition coefficient (Wildman–Crippen LogP) is 2.21. The van der Waals surface area contributed by atoms with Gasteiger partial charge in [0, 0.05) is 5.54 Å². The average molecular weight is 230 g/mol. The molecule has 1 saturated heterocycles. The largest absolute Gasteiger partial charge is 0.508 e. The molecule has 0 amide bonds. The molecule has 1 aliphatic rings. The molecular formula is C11H16ClNO2. The summed E-state index contributed by atoms with van der Waals surface area (Å²) in [5, 5.41) is 12.7. The first-order valence-corrected chi connectivity index (χ1v) is 4.75. The fraction of sp³-hybridized carbons (Fsp3) is 0.455. The SMILES string of the molecule is CC1(C)COC(c2cccc(O)c2)N1.Cl. The quantitative estimate of drug-likeness (QED) is 0.776.